The Hall–Kier alpha value is -1.19. The molecule has 2 N–H and O–H groups in total. The summed E-state index contributed by atoms with van der Waals surface area (Å²) in [5.41, 5.74) is 3.92. The van der Waals surface area contributed by atoms with Gasteiger partial charge in [0.2, 0.25) is 0 Å². The van der Waals surface area contributed by atoms with Gasteiger partial charge in [0.1, 0.15) is 0 Å². The zero-order valence-electron chi connectivity index (χ0n) is 18.0. The monoisotopic (exact) mass is 527 g/mol. The number of rotatable bonds is 6. The maximum absolute atomic E-state index is 4.50. The van der Waals surface area contributed by atoms with Crippen LogP contribution in [0.1, 0.15) is 39.5 Å². The minimum atomic E-state index is 0. The summed E-state index contributed by atoms with van der Waals surface area (Å²) in [5.74, 6) is 0.913. The fourth-order valence-corrected chi connectivity index (χ4v) is 4.73. The number of guanidine groups is 1. The van der Waals surface area contributed by atoms with Crippen LogP contribution < -0.4 is 10.6 Å². The van der Waals surface area contributed by atoms with Crippen molar-refractivity contribution in [1.29, 1.82) is 0 Å². The minimum absolute atomic E-state index is 0. The van der Waals surface area contributed by atoms with Crippen LogP contribution in [0.15, 0.2) is 29.3 Å². The maximum Gasteiger partial charge on any atom is 0.191 e. The molecule has 1 fully saturated rings. The Morgan fingerprint density at radius 2 is 2.00 bits per heavy atom. The van der Waals surface area contributed by atoms with Crippen LogP contribution >= 0.6 is 35.3 Å². The molecular weight excluding hydrogens is 493 g/mol. The Morgan fingerprint density at radius 1 is 1.24 bits per heavy atom. The number of halogens is 1. The van der Waals surface area contributed by atoms with E-state index in [-0.39, 0.29) is 24.0 Å². The molecule has 2 heterocycles. The summed E-state index contributed by atoms with van der Waals surface area (Å²) in [7, 11) is 1.85. The van der Waals surface area contributed by atoms with Gasteiger partial charge in [0, 0.05) is 50.6 Å². The molecule has 1 aliphatic heterocycles. The number of benzene rings is 1. The van der Waals surface area contributed by atoms with Crippen LogP contribution in [0.2, 0.25) is 0 Å². The van der Waals surface area contributed by atoms with Gasteiger partial charge >= 0.3 is 0 Å². The lowest BCUT2D eigenvalue weighted by atomic mass is 10.0. The summed E-state index contributed by atoms with van der Waals surface area (Å²) in [4.78, 5) is 12.8. The highest BCUT2D eigenvalue weighted by Crippen LogP contribution is 2.17. The van der Waals surface area contributed by atoms with Crippen LogP contribution in [0.25, 0.3) is 0 Å². The molecule has 0 aliphatic carbocycles. The third-order valence-corrected chi connectivity index (χ3v) is 6.42. The molecule has 1 aliphatic rings. The molecule has 3 rings (SSSR count). The first-order chi connectivity index (χ1) is 13.5. The van der Waals surface area contributed by atoms with E-state index in [1.807, 2.05) is 7.05 Å². The number of aryl methyl sites for hydroxylation is 3. The zero-order chi connectivity index (χ0) is 19.9. The number of likely N-dealkylation sites (tertiary alicyclic amines) is 1. The van der Waals surface area contributed by atoms with E-state index in [2.05, 4.69) is 70.5 Å². The Labute approximate surface area is 196 Å². The number of aliphatic imine (C=N–C) groups is 1. The number of thiazole rings is 1. The molecule has 0 bridgehead atoms. The molecule has 0 radical (unpaired) electrons. The molecule has 0 atom stereocenters. The van der Waals surface area contributed by atoms with Crippen LogP contribution in [0, 0.1) is 20.8 Å². The van der Waals surface area contributed by atoms with Gasteiger partial charge < -0.3 is 10.6 Å². The average Bonchev–Trinajstić information content (AvgIpc) is 2.99. The van der Waals surface area contributed by atoms with E-state index in [9.17, 15) is 0 Å². The van der Waals surface area contributed by atoms with E-state index < -0.39 is 0 Å². The Balaban J connectivity index is 0.00000300. The van der Waals surface area contributed by atoms with E-state index in [0.29, 0.717) is 6.04 Å². The Morgan fingerprint density at radius 3 is 2.62 bits per heavy atom. The summed E-state index contributed by atoms with van der Waals surface area (Å²) >= 11 is 1.79. The van der Waals surface area contributed by atoms with Crippen LogP contribution in [-0.4, -0.2) is 48.6 Å². The van der Waals surface area contributed by atoms with Gasteiger partial charge in [-0.2, -0.15) is 0 Å². The highest BCUT2D eigenvalue weighted by molar-refractivity contribution is 14.0. The van der Waals surface area contributed by atoms with Gasteiger partial charge in [-0.1, -0.05) is 29.8 Å². The molecule has 0 amide bonds. The number of aromatic nitrogens is 1. The van der Waals surface area contributed by atoms with Gasteiger partial charge in [-0.25, -0.2) is 4.98 Å². The topological polar surface area (TPSA) is 52.6 Å². The molecule has 29 heavy (non-hydrogen) atoms. The third-order valence-electron chi connectivity index (χ3n) is 5.28. The smallest absolute Gasteiger partial charge is 0.191 e. The summed E-state index contributed by atoms with van der Waals surface area (Å²) < 4.78 is 0. The standard InChI is InChI=1S/C22H33N5S.HI/c1-16-6-5-7-19(14-16)15-27-12-9-20(10-13-27)26-22(23-4)24-11-8-21-17(2)25-18(3)28-21;/h5-7,14,20H,8-13,15H2,1-4H3,(H2,23,24,26);1H. The molecular formula is C22H34IN5S. The van der Waals surface area contributed by atoms with E-state index in [0.717, 1.165) is 62.1 Å². The van der Waals surface area contributed by atoms with E-state index in [1.54, 1.807) is 11.3 Å². The van der Waals surface area contributed by atoms with Crippen molar-refractivity contribution in [2.45, 2.75) is 52.6 Å². The van der Waals surface area contributed by atoms with Gasteiger partial charge in [-0.05, 0) is 39.2 Å². The second kappa shape index (κ2) is 11.9. The van der Waals surface area contributed by atoms with Gasteiger partial charge in [0.25, 0.3) is 0 Å². The number of nitrogens with zero attached hydrogens (tertiary/aromatic N) is 3. The number of nitrogens with one attached hydrogen (secondary N) is 2. The number of hydrogen-bond donors (Lipinski definition) is 2. The summed E-state index contributed by atoms with van der Waals surface area (Å²) in [5, 5.41) is 8.21. The molecule has 5 nitrogen and oxygen atoms in total. The lowest BCUT2D eigenvalue weighted by Crippen LogP contribution is -2.48. The second-order valence-corrected chi connectivity index (χ2v) is 8.96. The fourth-order valence-electron chi connectivity index (χ4n) is 3.79. The second-order valence-electron chi connectivity index (χ2n) is 7.67. The maximum atomic E-state index is 4.50. The number of hydrogen-bond acceptors (Lipinski definition) is 4. The summed E-state index contributed by atoms with van der Waals surface area (Å²) in [6.45, 7) is 10.5. The SMILES string of the molecule is CN=C(NCCc1sc(C)nc1C)NC1CCN(Cc2cccc(C)c2)CC1.I. The van der Waals surface area contributed by atoms with E-state index in [4.69, 9.17) is 0 Å². The van der Waals surface area contributed by atoms with Crippen molar-refractivity contribution in [1.82, 2.24) is 20.5 Å². The van der Waals surface area contributed by atoms with Crippen molar-refractivity contribution in [3.63, 3.8) is 0 Å². The summed E-state index contributed by atoms with van der Waals surface area (Å²) in [6.07, 6.45) is 3.30. The fraction of sp³-hybridized carbons (Fsp3) is 0.545. The van der Waals surface area contributed by atoms with Crippen molar-refractivity contribution in [3.05, 3.63) is 51.0 Å². The van der Waals surface area contributed by atoms with Crippen molar-refractivity contribution in [2.24, 2.45) is 4.99 Å². The molecule has 7 heteroatoms. The lowest BCUT2D eigenvalue weighted by Gasteiger charge is -2.33. The normalized spacial score (nSPS) is 15.8. The molecule has 1 saturated heterocycles. The van der Waals surface area contributed by atoms with Crippen LogP contribution in [-0.2, 0) is 13.0 Å². The minimum Gasteiger partial charge on any atom is -0.356 e. The Kier molecular flexibility index (Phi) is 9.85. The van der Waals surface area contributed by atoms with Gasteiger partial charge in [-0.15, -0.1) is 35.3 Å². The quantitative estimate of drug-likeness (QED) is 0.338. The van der Waals surface area contributed by atoms with E-state index >= 15 is 0 Å². The molecule has 0 saturated carbocycles. The predicted molar refractivity (Wildman–Crippen MR) is 135 cm³/mol. The van der Waals surface area contributed by atoms with Crippen LogP contribution in [0.3, 0.4) is 0 Å². The molecule has 0 unspecified atom stereocenters. The van der Waals surface area contributed by atoms with Crippen molar-refractivity contribution < 1.29 is 0 Å². The molecule has 0 spiro atoms. The third kappa shape index (κ3) is 7.53. The van der Waals surface area contributed by atoms with Gasteiger partial charge in [-0.3, -0.25) is 9.89 Å². The van der Waals surface area contributed by atoms with Gasteiger partial charge in [0.05, 0.1) is 10.7 Å². The first-order valence-electron chi connectivity index (χ1n) is 10.2. The largest absolute Gasteiger partial charge is 0.356 e. The van der Waals surface area contributed by atoms with Crippen LogP contribution in [0.5, 0.6) is 0 Å². The van der Waals surface area contributed by atoms with Crippen molar-refractivity contribution in [2.75, 3.05) is 26.7 Å². The molecule has 1 aromatic carbocycles. The molecule has 160 valence electrons. The summed E-state index contributed by atoms with van der Waals surface area (Å²) in [6, 6.07) is 9.34. The van der Waals surface area contributed by atoms with Crippen molar-refractivity contribution >= 4 is 41.3 Å². The predicted octanol–water partition coefficient (Wildman–Crippen LogP) is 4.06. The van der Waals surface area contributed by atoms with Crippen LogP contribution in [0.4, 0.5) is 0 Å². The van der Waals surface area contributed by atoms with Crippen molar-refractivity contribution in [3.8, 4) is 0 Å². The number of piperidine rings is 1. The Bertz CT molecular complexity index is 796. The lowest BCUT2D eigenvalue weighted by molar-refractivity contribution is 0.198. The first-order valence-corrected chi connectivity index (χ1v) is 11.0. The van der Waals surface area contributed by atoms with Gasteiger partial charge in [0.15, 0.2) is 5.96 Å². The molecule has 2 aromatic rings. The molecule has 1 aromatic heterocycles. The van der Waals surface area contributed by atoms with E-state index in [1.165, 1.54) is 16.0 Å². The zero-order valence-corrected chi connectivity index (χ0v) is 21.1. The highest BCUT2D eigenvalue weighted by atomic mass is 127. The highest BCUT2D eigenvalue weighted by Gasteiger charge is 2.20. The average molecular weight is 528 g/mol. The first kappa shape index (κ1) is 24.1.